The topological polar surface area (TPSA) is 153 Å². The summed E-state index contributed by atoms with van der Waals surface area (Å²) in [6.45, 7) is -4.94. The molecule has 296 valence electrons. The van der Waals surface area contributed by atoms with Crippen molar-refractivity contribution in [2.24, 2.45) is 11.8 Å². The van der Waals surface area contributed by atoms with Gasteiger partial charge in [-0.2, -0.15) is 17.6 Å². The maximum Gasteiger partial charge on any atom is 0.345 e. The zero-order valence-electron chi connectivity index (χ0n) is 30.1. The molecule has 4 rings (SSSR count). The van der Waals surface area contributed by atoms with Gasteiger partial charge < -0.3 is 29.6 Å². The highest BCUT2D eigenvalue weighted by atomic mass is 19.3. The van der Waals surface area contributed by atoms with E-state index in [4.69, 9.17) is 9.47 Å². The number of ketones is 3. The first-order valence-electron chi connectivity index (χ1n) is 17.8. The van der Waals surface area contributed by atoms with E-state index in [0.29, 0.717) is 38.3 Å². The van der Waals surface area contributed by atoms with Gasteiger partial charge in [-0.05, 0) is 37.3 Å². The van der Waals surface area contributed by atoms with E-state index in [0.717, 1.165) is 5.56 Å². The molecule has 0 unspecified atom stereocenters. The third-order valence-corrected chi connectivity index (χ3v) is 9.32. The Morgan fingerprint density at radius 2 is 1.33 bits per heavy atom. The van der Waals surface area contributed by atoms with Crippen LogP contribution in [0.3, 0.4) is 0 Å². The van der Waals surface area contributed by atoms with Crippen LogP contribution < -0.4 is 10.6 Å². The quantitative estimate of drug-likeness (QED) is 0.121. The summed E-state index contributed by atoms with van der Waals surface area (Å²) in [6.07, 6.45) is -0.472. The molecule has 0 spiro atoms. The molecule has 54 heavy (non-hydrogen) atoms. The number of benzene rings is 2. The molecule has 2 saturated heterocycles. The Morgan fingerprint density at radius 3 is 1.93 bits per heavy atom. The number of alkyl halides is 4. The number of amides is 2. The first kappa shape index (κ1) is 42.6. The highest BCUT2D eigenvalue weighted by Crippen LogP contribution is 2.29. The minimum Gasteiger partial charge on any atom is -0.379 e. The lowest BCUT2D eigenvalue weighted by Gasteiger charge is -2.27. The van der Waals surface area contributed by atoms with Gasteiger partial charge >= 0.3 is 13.2 Å². The molecule has 2 aliphatic rings. The molecule has 0 bridgehead atoms. The number of nitrogens with one attached hydrogen (secondary N) is 2. The van der Waals surface area contributed by atoms with Crippen LogP contribution in [0.5, 0.6) is 0 Å². The number of epoxide rings is 1. The Balaban J connectivity index is 1.50. The van der Waals surface area contributed by atoms with E-state index in [-0.39, 0.29) is 38.2 Å². The number of carbonyl (C=O) groups is 5. The van der Waals surface area contributed by atoms with Crippen LogP contribution in [0.25, 0.3) is 0 Å². The highest BCUT2D eigenvalue weighted by molar-refractivity contribution is 5.98. The van der Waals surface area contributed by atoms with Crippen LogP contribution in [0.2, 0.25) is 0 Å². The molecule has 2 heterocycles. The van der Waals surface area contributed by atoms with E-state index >= 15 is 0 Å². The summed E-state index contributed by atoms with van der Waals surface area (Å²) in [4.78, 5) is 69.4. The standard InChI is InChI=1S/C38H47F4N3O9/c1-38(24-54-38)33(48)30(18-26-10-6-3-7-11-26)43-35(50)28(22-52-36(39)40)20-32(47)31(23-53-37(41)42)44-34(49)27(13-12-25-8-4-2-5-9-25)19-29(46)21-45-14-16-51-17-15-45/h2-11,27-28,30-31,36-37H,12-24H2,1H3,(H,43,50)(H,44,49)/t27-,28+,30+,31+,38-/m1/s1. The van der Waals surface area contributed by atoms with E-state index in [1.54, 1.807) is 37.3 Å². The van der Waals surface area contributed by atoms with Crippen LogP contribution in [0.1, 0.15) is 37.3 Å². The molecule has 2 amide bonds. The Kier molecular flexibility index (Phi) is 16.7. The molecule has 0 saturated carbocycles. The SMILES string of the molecule is C[C@]1(C(=O)[C@H](Cc2ccccc2)NC(=O)[C@H](COC(F)F)CC(=O)[C@H](COC(F)F)NC(=O)[C@H](CCc2ccccc2)CC(=O)CN2CCOCC2)CO1. The van der Waals surface area contributed by atoms with Crippen LogP contribution >= 0.6 is 0 Å². The van der Waals surface area contributed by atoms with E-state index in [1.165, 1.54) is 0 Å². The Labute approximate surface area is 311 Å². The molecule has 16 heteroatoms. The largest absolute Gasteiger partial charge is 0.379 e. The maximum absolute atomic E-state index is 13.7. The molecule has 0 aliphatic carbocycles. The number of carbonyl (C=O) groups excluding carboxylic acids is 5. The van der Waals surface area contributed by atoms with Gasteiger partial charge in [-0.3, -0.25) is 28.9 Å². The van der Waals surface area contributed by atoms with Crippen molar-refractivity contribution in [2.45, 2.75) is 69.9 Å². The van der Waals surface area contributed by atoms with Crippen molar-refractivity contribution < 1.29 is 60.5 Å². The number of aryl methyl sites for hydroxylation is 1. The number of nitrogens with zero attached hydrogens (tertiary/aromatic N) is 1. The molecule has 2 aliphatic heterocycles. The smallest absolute Gasteiger partial charge is 0.345 e. The molecule has 2 N–H and O–H groups in total. The molecular weight excluding hydrogens is 718 g/mol. The van der Waals surface area contributed by atoms with Gasteiger partial charge in [0, 0.05) is 31.8 Å². The lowest BCUT2D eigenvalue weighted by Crippen LogP contribution is -2.51. The Hall–Kier alpha value is -4.09. The number of hydrogen-bond acceptors (Lipinski definition) is 10. The van der Waals surface area contributed by atoms with Crippen molar-refractivity contribution >= 4 is 29.2 Å². The lowest BCUT2D eigenvalue weighted by atomic mass is 9.92. The van der Waals surface area contributed by atoms with Crippen molar-refractivity contribution in [3.05, 3.63) is 71.8 Å². The van der Waals surface area contributed by atoms with Gasteiger partial charge in [0.1, 0.15) is 17.4 Å². The van der Waals surface area contributed by atoms with Crippen molar-refractivity contribution in [2.75, 3.05) is 52.7 Å². The minimum absolute atomic E-state index is 0.0241. The number of rotatable bonds is 24. The maximum atomic E-state index is 13.7. The second-order valence-electron chi connectivity index (χ2n) is 13.6. The summed E-state index contributed by atoms with van der Waals surface area (Å²) in [5.41, 5.74) is 0.387. The lowest BCUT2D eigenvalue weighted by molar-refractivity contribution is -0.156. The molecule has 2 aromatic rings. The van der Waals surface area contributed by atoms with E-state index in [2.05, 4.69) is 20.1 Å². The number of halogens is 4. The van der Waals surface area contributed by atoms with Crippen LogP contribution in [0.4, 0.5) is 17.6 Å². The Morgan fingerprint density at radius 1 is 0.778 bits per heavy atom. The second-order valence-corrected chi connectivity index (χ2v) is 13.6. The number of Topliss-reactive ketones (excluding diaryl/α,β-unsaturated/α-hetero) is 3. The van der Waals surface area contributed by atoms with E-state index in [9.17, 15) is 41.5 Å². The minimum atomic E-state index is -3.33. The zero-order valence-corrected chi connectivity index (χ0v) is 30.1. The highest BCUT2D eigenvalue weighted by Gasteiger charge is 2.50. The first-order valence-corrected chi connectivity index (χ1v) is 17.8. The Bertz CT molecular complexity index is 1530. The van der Waals surface area contributed by atoms with E-state index in [1.807, 2.05) is 35.2 Å². The molecule has 2 aromatic carbocycles. The predicted octanol–water partition coefficient (Wildman–Crippen LogP) is 3.15. The fourth-order valence-electron chi connectivity index (χ4n) is 6.10. The monoisotopic (exact) mass is 765 g/mol. The average Bonchev–Trinajstić information content (AvgIpc) is 3.91. The number of hydrogen-bond donors (Lipinski definition) is 2. The molecule has 12 nitrogen and oxygen atoms in total. The van der Waals surface area contributed by atoms with Gasteiger partial charge in [-0.1, -0.05) is 60.7 Å². The average molecular weight is 766 g/mol. The molecular formula is C38H47F4N3O9. The normalized spacial score (nSPS) is 19.5. The van der Waals surface area contributed by atoms with Crippen LogP contribution in [0.15, 0.2) is 60.7 Å². The molecule has 5 atom stereocenters. The summed E-state index contributed by atoms with van der Waals surface area (Å²) >= 11 is 0. The fourth-order valence-corrected chi connectivity index (χ4v) is 6.10. The van der Waals surface area contributed by atoms with Crippen molar-refractivity contribution in [1.29, 1.82) is 0 Å². The number of ether oxygens (including phenoxy) is 4. The van der Waals surface area contributed by atoms with Gasteiger partial charge in [0.05, 0.1) is 51.5 Å². The third kappa shape index (κ3) is 14.3. The second kappa shape index (κ2) is 21.1. The molecule has 2 fully saturated rings. The van der Waals surface area contributed by atoms with Gasteiger partial charge in [-0.15, -0.1) is 0 Å². The van der Waals surface area contributed by atoms with Crippen molar-refractivity contribution in [3.8, 4) is 0 Å². The molecule has 0 aromatic heterocycles. The van der Waals surface area contributed by atoms with Gasteiger partial charge in [0.15, 0.2) is 11.6 Å². The first-order chi connectivity index (χ1) is 25.8. The van der Waals surface area contributed by atoms with Crippen LogP contribution in [-0.4, -0.2) is 118 Å². The van der Waals surface area contributed by atoms with Crippen LogP contribution in [-0.2, 0) is 55.8 Å². The van der Waals surface area contributed by atoms with Gasteiger partial charge in [0.25, 0.3) is 0 Å². The van der Waals surface area contributed by atoms with E-state index < -0.39 is 85.8 Å². The summed E-state index contributed by atoms with van der Waals surface area (Å²) in [7, 11) is 0. The van der Waals surface area contributed by atoms with Gasteiger partial charge in [0.2, 0.25) is 11.8 Å². The van der Waals surface area contributed by atoms with Gasteiger partial charge in [-0.25, -0.2) is 0 Å². The van der Waals surface area contributed by atoms with Crippen molar-refractivity contribution in [3.63, 3.8) is 0 Å². The summed E-state index contributed by atoms with van der Waals surface area (Å²) in [5, 5.41) is 4.97. The summed E-state index contributed by atoms with van der Waals surface area (Å²) in [6, 6.07) is 14.9. The van der Waals surface area contributed by atoms with Crippen LogP contribution in [0, 0.1) is 11.8 Å². The zero-order chi connectivity index (χ0) is 39.1. The van der Waals surface area contributed by atoms with Crippen molar-refractivity contribution in [1.82, 2.24) is 15.5 Å². The third-order valence-electron chi connectivity index (χ3n) is 9.32. The summed E-state index contributed by atoms with van der Waals surface area (Å²) in [5.74, 6) is -6.09. The predicted molar refractivity (Wildman–Crippen MR) is 186 cm³/mol. The summed E-state index contributed by atoms with van der Waals surface area (Å²) < 4.78 is 72.3. The fraction of sp³-hybridized carbons (Fsp3) is 0.553. The molecule has 0 radical (unpaired) electrons. The number of morpholine rings is 1.